The molecule has 34 heavy (non-hydrogen) atoms. The fourth-order valence-electron chi connectivity index (χ4n) is 9.08. The van der Waals surface area contributed by atoms with Gasteiger partial charge in [0.25, 0.3) is 0 Å². The monoisotopic (exact) mass is 528 g/mol. The van der Waals surface area contributed by atoms with Crippen molar-refractivity contribution in [3.05, 3.63) is 46.0 Å². The number of hydrogen-bond acceptors (Lipinski definition) is 3. The Kier molecular flexibility index (Phi) is 6.22. The number of allylic oxidation sites excluding steroid dienone is 1. The molecular weight excluding hydrogens is 488 g/mol. The zero-order valence-corrected chi connectivity index (χ0v) is 22.9. The number of fused-ring (bicyclic) bond motifs is 5. The first-order valence-electron chi connectivity index (χ1n) is 13.4. The third kappa shape index (κ3) is 3.61. The number of aliphatic hydroxyl groups is 1. The minimum absolute atomic E-state index is 0.124. The molecular formula is C30H41BrO3. The van der Waals surface area contributed by atoms with E-state index >= 15 is 0 Å². The van der Waals surface area contributed by atoms with Crippen LogP contribution in [0.15, 0.2) is 40.4 Å². The molecule has 3 fully saturated rings. The Morgan fingerprint density at radius 1 is 1.09 bits per heavy atom. The van der Waals surface area contributed by atoms with Gasteiger partial charge in [-0.3, -0.25) is 4.79 Å². The summed E-state index contributed by atoms with van der Waals surface area (Å²) in [6.07, 6.45) is 11.5. The van der Waals surface area contributed by atoms with E-state index in [4.69, 9.17) is 4.74 Å². The molecule has 5 rings (SSSR count). The molecule has 0 bridgehead atoms. The van der Waals surface area contributed by atoms with Gasteiger partial charge in [-0.25, -0.2) is 0 Å². The standard InChI is InChI=1S/C30H41BrO3/c1-5-29(20(2)32)15-13-26-24-11-8-22-18-30(33,34-19-21-6-9-23(31)10-7-21)17-16-27(22,3)25(24)12-14-28(26,29)4/h6-10,24-26,33H,5,11-19H2,1-4H3. The number of Topliss-reactive ketones (excluding diaryl/α,β-unsaturated/α-hetero) is 1. The molecule has 3 saturated carbocycles. The van der Waals surface area contributed by atoms with Crippen molar-refractivity contribution in [2.45, 2.75) is 97.9 Å². The average Bonchev–Trinajstić information content (AvgIpc) is 3.13. The lowest BCUT2D eigenvalue weighted by Gasteiger charge is -2.60. The number of hydrogen-bond donors (Lipinski definition) is 1. The molecule has 0 aromatic heterocycles. The van der Waals surface area contributed by atoms with Gasteiger partial charge < -0.3 is 9.84 Å². The fraction of sp³-hybridized carbons (Fsp3) is 0.700. The molecule has 1 N–H and O–H groups in total. The number of halogens is 1. The molecule has 4 aliphatic carbocycles. The molecule has 3 nitrogen and oxygen atoms in total. The SMILES string of the molecule is CCC1(C(C)=O)CCC2C3CC=C4CC(O)(OCc5ccc(Br)cc5)CCC4(C)C3CCC21C. The molecule has 0 spiro atoms. The summed E-state index contributed by atoms with van der Waals surface area (Å²) in [5, 5.41) is 11.4. The lowest BCUT2D eigenvalue weighted by atomic mass is 9.45. The Morgan fingerprint density at radius 2 is 1.79 bits per heavy atom. The van der Waals surface area contributed by atoms with E-state index in [-0.39, 0.29) is 16.2 Å². The second kappa shape index (κ2) is 8.56. The van der Waals surface area contributed by atoms with Crippen molar-refractivity contribution in [1.29, 1.82) is 0 Å². The zero-order valence-electron chi connectivity index (χ0n) is 21.3. The minimum atomic E-state index is -1.08. The number of ketones is 1. The maximum atomic E-state index is 12.9. The Labute approximate surface area is 213 Å². The highest BCUT2D eigenvalue weighted by Crippen LogP contribution is 2.70. The predicted octanol–water partition coefficient (Wildman–Crippen LogP) is 7.60. The van der Waals surface area contributed by atoms with Crippen molar-refractivity contribution in [2.24, 2.45) is 34.0 Å². The fourth-order valence-corrected chi connectivity index (χ4v) is 9.35. The van der Waals surface area contributed by atoms with Crippen LogP contribution < -0.4 is 0 Å². The van der Waals surface area contributed by atoms with Gasteiger partial charge >= 0.3 is 0 Å². The minimum Gasteiger partial charge on any atom is -0.365 e. The average molecular weight is 530 g/mol. The first kappa shape index (κ1) is 24.7. The highest BCUT2D eigenvalue weighted by atomic mass is 79.9. The number of ether oxygens (including phenoxy) is 1. The van der Waals surface area contributed by atoms with Crippen molar-refractivity contribution < 1.29 is 14.6 Å². The van der Waals surface area contributed by atoms with Crippen LogP contribution in [0.1, 0.15) is 91.0 Å². The number of carbonyl (C=O) groups excluding carboxylic acids is 1. The van der Waals surface area contributed by atoms with E-state index in [1.165, 1.54) is 24.8 Å². The molecule has 186 valence electrons. The lowest BCUT2D eigenvalue weighted by molar-refractivity contribution is -0.231. The van der Waals surface area contributed by atoms with Gasteiger partial charge in [-0.15, -0.1) is 0 Å². The maximum Gasteiger partial charge on any atom is 0.169 e. The van der Waals surface area contributed by atoms with Gasteiger partial charge in [0.1, 0.15) is 5.78 Å². The van der Waals surface area contributed by atoms with Gasteiger partial charge in [-0.2, -0.15) is 0 Å². The zero-order chi connectivity index (χ0) is 24.4. The third-order valence-electron chi connectivity index (χ3n) is 11.2. The molecule has 0 heterocycles. The molecule has 0 saturated heterocycles. The molecule has 0 radical (unpaired) electrons. The van der Waals surface area contributed by atoms with Gasteiger partial charge in [0, 0.05) is 22.7 Å². The van der Waals surface area contributed by atoms with Crippen LogP contribution >= 0.6 is 15.9 Å². The van der Waals surface area contributed by atoms with Crippen LogP contribution in [0.4, 0.5) is 0 Å². The van der Waals surface area contributed by atoms with Crippen LogP contribution in [0.25, 0.3) is 0 Å². The molecule has 7 unspecified atom stereocenters. The Morgan fingerprint density at radius 3 is 2.47 bits per heavy atom. The lowest BCUT2D eigenvalue weighted by Crippen LogP contribution is -2.55. The molecule has 1 aromatic carbocycles. The normalized spacial score (nSPS) is 43.5. The molecule has 1 aromatic rings. The largest absolute Gasteiger partial charge is 0.365 e. The molecule has 4 heteroatoms. The summed E-state index contributed by atoms with van der Waals surface area (Å²) >= 11 is 3.48. The first-order chi connectivity index (χ1) is 16.1. The van der Waals surface area contributed by atoms with E-state index < -0.39 is 5.79 Å². The summed E-state index contributed by atoms with van der Waals surface area (Å²) in [6.45, 7) is 9.42. The molecule has 7 atom stereocenters. The summed E-state index contributed by atoms with van der Waals surface area (Å²) in [4.78, 5) is 12.9. The van der Waals surface area contributed by atoms with Crippen molar-refractivity contribution in [3.8, 4) is 0 Å². The van der Waals surface area contributed by atoms with Crippen LogP contribution in [0, 0.1) is 34.0 Å². The van der Waals surface area contributed by atoms with Crippen LogP contribution in [0.5, 0.6) is 0 Å². The van der Waals surface area contributed by atoms with Crippen molar-refractivity contribution in [1.82, 2.24) is 0 Å². The second-order valence-electron chi connectivity index (χ2n) is 12.3. The maximum absolute atomic E-state index is 12.9. The van der Waals surface area contributed by atoms with Gasteiger partial charge in [-0.1, -0.05) is 60.5 Å². The number of benzene rings is 1. The van der Waals surface area contributed by atoms with E-state index in [1.54, 1.807) is 0 Å². The smallest absolute Gasteiger partial charge is 0.169 e. The van der Waals surface area contributed by atoms with Gasteiger partial charge in [0.15, 0.2) is 5.79 Å². The Balaban J connectivity index is 1.35. The molecule has 0 amide bonds. The van der Waals surface area contributed by atoms with Crippen molar-refractivity contribution in [3.63, 3.8) is 0 Å². The number of rotatable bonds is 5. The van der Waals surface area contributed by atoms with Crippen LogP contribution in [0.2, 0.25) is 0 Å². The topological polar surface area (TPSA) is 46.5 Å². The quantitative estimate of drug-likeness (QED) is 0.316. The second-order valence-corrected chi connectivity index (χ2v) is 13.2. The van der Waals surface area contributed by atoms with Crippen molar-refractivity contribution >= 4 is 21.7 Å². The van der Waals surface area contributed by atoms with E-state index in [9.17, 15) is 9.90 Å². The van der Waals surface area contributed by atoms with Crippen molar-refractivity contribution in [2.75, 3.05) is 0 Å². The van der Waals surface area contributed by atoms with E-state index in [2.05, 4.69) is 42.8 Å². The number of carbonyl (C=O) groups is 1. The Hall–Kier alpha value is -0.970. The van der Waals surface area contributed by atoms with Gasteiger partial charge in [0.2, 0.25) is 0 Å². The summed E-state index contributed by atoms with van der Waals surface area (Å²) in [5.74, 6) is 1.30. The summed E-state index contributed by atoms with van der Waals surface area (Å²) in [5.41, 5.74) is 2.65. The highest BCUT2D eigenvalue weighted by Gasteiger charge is 2.65. The summed E-state index contributed by atoms with van der Waals surface area (Å²) in [7, 11) is 0. The predicted molar refractivity (Wildman–Crippen MR) is 139 cm³/mol. The van der Waals surface area contributed by atoms with Crippen LogP contribution in [0.3, 0.4) is 0 Å². The van der Waals surface area contributed by atoms with E-state index in [0.717, 1.165) is 35.7 Å². The molecule has 4 aliphatic rings. The van der Waals surface area contributed by atoms with Crippen LogP contribution in [-0.2, 0) is 16.1 Å². The van der Waals surface area contributed by atoms with Crippen LogP contribution in [-0.4, -0.2) is 16.7 Å². The van der Waals surface area contributed by atoms with E-state index in [1.807, 2.05) is 31.2 Å². The molecule has 0 aliphatic heterocycles. The summed E-state index contributed by atoms with van der Waals surface area (Å²) in [6, 6.07) is 8.12. The van der Waals surface area contributed by atoms with Gasteiger partial charge in [0.05, 0.1) is 6.61 Å². The first-order valence-corrected chi connectivity index (χ1v) is 14.2. The highest BCUT2D eigenvalue weighted by molar-refractivity contribution is 9.10. The van der Waals surface area contributed by atoms with Gasteiger partial charge in [-0.05, 0) is 98.1 Å². The Bertz CT molecular complexity index is 985. The third-order valence-corrected chi connectivity index (χ3v) is 11.7. The summed E-state index contributed by atoms with van der Waals surface area (Å²) < 4.78 is 7.19. The van der Waals surface area contributed by atoms with E-state index in [0.29, 0.717) is 43.0 Å².